The fourth-order valence-electron chi connectivity index (χ4n) is 3.41. The van der Waals surface area contributed by atoms with E-state index in [1.54, 1.807) is 54.8 Å². The molecule has 0 fully saturated rings. The fourth-order valence-corrected chi connectivity index (χ4v) is 4.46. The van der Waals surface area contributed by atoms with Crippen LogP contribution in [0.15, 0.2) is 84.4 Å². The summed E-state index contributed by atoms with van der Waals surface area (Å²) in [6, 6.07) is 17.4. The zero-order valence-corrected chi connectivity index (χ0v) is 20.3. The molecule has 4 rings (SSSR count). The van der Waals surface area contributed by atoms with Crippen molar-refractivity contribution in [2.24, 2.45) is 0 Å². The van der Waals surface area contributed by atoms with Crippen molar-refractivity contribution in [3.8, 4) is 5.69 Å². The number of imidazole rings is 1. The molecule has 9 heteroatoms. The van der Waals surface area contributed by atoms with Gasteiger partial charge < -0.3 is 9.80 Å². The van der Waals surface area contributed by atoms with Crippen molar-refractivity contribution in [1.29, 1.82) is 0 Å². The summed E-state index contributed by atoms with van der Waals surface area (Å²) >= 11 is 7.47. The van der Waals surface area contributed by atoms with Gasteiger partial charge in [-0.05, 0) is 60.7 Å². The van der Waals surface area contributed by atoms with Crippen LogP contribution in [0.2, 0.25) is 5.02 Å². The number of carbonyl (C=O) groups is 1. The third-order valence-corrected chi connectivity index (χ3v) is 6.49. The van der Waals surface area contributed by atoms with Gasteiger partial charge in [0.2, 0.25) is 5.91 Å². The number of pyridine rings is 1. The van der Waals surface area contributed by atoms with Crippen molar-refractivity contribution < 1.29 is 9.18 Å². The molecule has 174 valence electrons. The van der Waals surface area contributed by atoms with Crippen molar-refractivity contribution in [1.82, 2.24) is 14.5 Å². The Kier molecular flexibility index (Phi) is 7.49. The lowest BCUT2D eigenvalue weighted by molar-refractivity contribution is -0.115. The minimum atomic E-state index is -0.275. The maximum Gasteiger partial charge on any atom is 0.237 e. The fraction of sp³-hybridized carbons (Fsp3) is 0.160. The van der Waals surface area contributed by atoms with E-state index >= 15 is 0 Å². The zero-order chi connectivity index (χ0) is 24.1. The molecule has 0 radical (unpaired) electrons. The van der Waals surface area contributed by atoms with Gasteiger partial charge in [0.25, 0.3) is 0 Å². The first-order valence-electron chi connectivity index (χ1n) is 10.5. The second-order valence-corrected chi connectivity index (χ2v) is 9.00. The van der Waals surface area contributed by atoms with Gasteiger partial charge in [-0.15, -0.1) is 0 Å². The number of rotatable bonds is 8. The van der Waals surface area contributed by atoms with Gasteiger partial charge in [0.15, 0.2) is 5.16 Å². The van der Waals surface area contributed by atoms with Crippen LogP contribution in [0.1, 0.15) is 5.69 Å². The Balaban J connectivity index is 1.57. The Hall–Kier alpha value is -3.36. The molecule has 4 aromatic rings. The lowest BCUT2D eigenvalue weighted by atomic mass is 10.2. The summed E-state index contributed by atoms with van der Waals surface area (Å²) in [5.74, 6) is -0.105. The van der Waals surface area contributed by atoms with E-state index in [0.29, 0.717) is 16.7 Å². The number of anilines is 2. The SMILES string of the molecule is CN(Cc1cnc(SCC(=O)N(C)c2ccncc2)n1-c1ccc(Cl)cc1)c1ccc(F)cc1. The monoisotopic (exact) mass is 495 g/mol. The van der Waals surface area contributed by atoms with E-state index in [1.807, 2.05) is 40.8 Å². The predicted molar refractivity (Wildman–Crippen MR) is 135 cm³/mol. The molecule has 0 aliphatic heterocycles. The van der Waals surface area contributed by atoms with Crippen molar-refractivity contribution in [3.05, 3.63) is 95.8 Å². The predicted octanol–water partition coefficient (Wildman–Crippen LogP) is 5.45. The molecule has 2 aromatic heterocycles. The van der Waals surface area contributed by atoms with Crippen molar-refractivity contribution in [3.63, 3.8) is 0 Å². The number of aromatic nitrogens is 3. The van der Waals surface area contributed by atoms with Crippen LogP contribution in [0, 0.1) is 5.82 Å². The summed E-state index contributed by atoms with van der Waals surface area (Å²) in [4.78, 5) is 25.0. The first-order valence-corrected chi connectivity index (χ1v) is 11.9. The molecule has 34 heavy (non-hydrogen) atoms. The van der Waals surface area contributed by atoms with Gasteiger partial charge in [-0.1, -0.05) is 23.4 Å². The quantitative estimate of drug-likeness (QED) is 0.304. The molecule has 0 bridgehead atoms. The van der Waals surface area contributed by atoms with E-state index in [1.165, 1.54) is 23.9 Å². The van der Waals surface area contributed by atoms with E-state index in [4.69, 9.17) is 11.6 Å². The Morgan fingerprint density at radius 3 is 2.35 bits per heavy atom. The smallest absolute Gasteiger partial charge is 0.237 e. The van der Waals surface area contributed by atoms with Crippen molar-refractivity contribution >= 4 is 40.6 Å². The summed E-state index contributed by atoms with van der Waals surface area (Å²) in [7, 11) is 3.68. The first-order chi connectivity index (χ1) is 16.4. The second kappa shape index (κ2) is 10.7. The van der Waals surface area contributed by atoms with Crippen LogP contribution < -0.4 is 9.80 Å². The molecule has 0 saturated heterocycles. The van der Waals surface area contributed by atoms with Crippen molar-refractivity contribution in [2.75, 3.05) is 29.6 Å². The van der Waals surface area contributed by atoms with E-state index in [-0.39, 0.29) is 17.5 Å². The lowest BCUT2D eigenvalue weighted by Gasteiger charge is -2.21. The zero-order valence-electron chi connectivity index (χ0n) is 18.7. The lowest BCUT2D eigenvalue weighted by Crippen LogP contribution is -2.28. The van der Waals surface area contributed by atoms with Gasteiger partial charge in [-0.3, -0.25) is 14.3 Å². The Bertz CT molecular complexity index is 1250. The average molecular weight is 496 g/mol. The van der Waals surface area contributed by atoms with Gasteiger partial charge in [0.1, 0.15) is 5.82 Å². The maximum atomic E-state index is 13.3. The molecule has 2 aromatic carbocycles. The molecule has 0 spiro atoms. The highest BCUT2D eigenvalue weighted by molar-refractivity contribution is 7.99. The van der Waals surface area contributed by atoms with Crippen LogP contribution in [0.3, 0.4) is 0 Å². The van der Waals surface area contributed by atoms with E-state index in [0.717, 1.165) is 22.8 Å². The molecule has 0 atom stereocenters. The molecular weight excluding hydrogens is 473 g/mol. The summed E-state index contributed by atoms with van der Waals surface area (Å²) < 4.78 is 15.3. The highest BCUT2D eigenvalue weighted by Crippen LogP contribution is 2.27. The van der Waals surface area contributed by atoms with E-state index in [9.17, 15) is 9.18 Å². The van der Waals surface area contributed by atoms with Gasteiger partial charge >= 0.3 is 0 Å². The minimum absolute atomic E-state index is 0.0492. The summed E-state index contributed by atoms with van der Waals surface area (Å²) in [5, 5.41) is 1.33. The van der Waals surface area contributed by atoms with Gasteiger partial charge in [-0.25, -0.2) is 9.37 Å². The summed E-state index contributed by atoms with van der Waals surface area (Å²) in [6.07, 6.45) is 5.11. The number of benzene rings is 2. The number of nitrogens with zero attached hydrogens (tertiary/aromatic N) is 5. The van der Waals surface area contributed by atoms with E-state index < -0.39 is 0 Å². The van der Waals surface area contributed by atoms with Crippen LogP contribution in [-0.2, 0) is 11.3 Å². The Morgan fingerprint density at radius 1 is 1.00 bits per heavy atom. The number of carbonyl (C=O) groups excluding carboxylic acids is 1. The third-order valence-electron chi connectivity index (χ3n) is 5.30. The second-order valence-electron chi connectivity index (χ2n) is 7.62. The topological polar surface area (TPSA) is 54.3 Å². The first kappa shape index (κ1) is 23.8. The number of amides is 1. The van der Waals surface area contributed by atoms with Gasteiger partial charge in [0.05, 0.1) is 24.2 Å². The maximum absolute atomic E-state index is 13.3. The van der Waals surface area contributed by atoms with Gasteiger partial charge in [-0.2, -0.15) is 0 Å². The number of halogens is 2. The Labute approximate surface area is 207 Å². The molecule has 6 nitrogen and oxygen atoms in total. The van der Waals surface area contributed by atoms with Gasteiger partial charge in [0, 0.05) is 48.6 Å². The van der Waals surface area contributed by atoms with Crippen LogP contribution in [-0.4, -0.2) is 40.3 Å². The number of hydrogen-bond acceptors (Lipinski definition) is 5. The molecule has 0 aliphatic carbocycles. The number of hydrogen-bond donors (Lipinski definition) is 0. The highest BCUT2D eigenvalue weighted by Gasteiger charge is 2.18. The Morgan fingerprint density at radius 2 is 1.68 bits per heavy atom. The molecule has 0 aliphatic rings. The normalized spacial score (nSPS) is 10.8. The average Bonchev–Trinajstić information content (AvgIpc) is 3.25. The molecule has 0 N–H and O–H groups in total. The van der Waals surface area contributed by atoms with Crippen LogP contribution >= 0.6 is 23.4 Å². The highest BCUT2D eigenvalue weighted by atomic mass is 35.5. The largest absolute Gasteiger partial charge is 0.369 e. The molecular formula is C25H23ClFN5OS. The molecule has 0 unspecified atom stereocenters. The third kappa shape index (κ3) is 5.58. The van der Waals surface area contributed by atoms with Crippen LogP contribution in [0.5, 0.6) is 0 Å². The minimum Gasteiger partial charge on any atom is -0.369 e. The summed E-state index contributed by atoms with van der Waals surface area (Å²) in [5.41, 5.74) is 3.48. The van der Waals surface area contributed by atoms with Crippen LogP contribution in [0.4, 0.5) is 15.8 Å². The number of thioether (sulfide) groups is 1. The van der Waals surface area contributed by atoms with Crippen molar-refractivity contribution in [2.45, 2.75) is 11.7 Å². The van der Waals surface area contributed by atoms with Crippen LogP contribution in [0.25, 0.3) is 5.69 Å². The van der Waals surface area contributed by atoms with E-state index in [2.05, 4.69) is 9.97 Å². The summed E-state index contributed by atoms with van der Waals surface area (Å²) in [6.45, 7) is 0.534. The molecule has 1 amide bonds. The standard InChI is InChI=1S/C25H23ClFN5OS/c1-30(20-9-5-19(27)6-10-20)16-23-15-29-25(32(23)22-7-3-18(26)4-8-22)34-17-24(33)31(2)21-11-13-28-14-12-21/h3-15H,16-17H2,1-2H3. The molecule has 2 heterocycles. The molecule has 0 saturated carbocycles.